The summed E-state index contributed by atoms with van der Waals surface area (Å²) in [6, 6.07) is 14.3. The smallest absolute Gasteiger partial charge is 0.244 e. The van der Waals surface area contributed by atoms with Crippen LogP contribution in [0.1, 0.15) is 17.2 Å². The van der Waals surface area contributed by atoms with Crippen LogP contribution in [0.25, 0.3) is 6.08 Å². The summed E-state index contributed by atoms with van der Waals surface area (Å²) >= 11 is 6.01. The molecule has 29 heavy (non-hydrogen) atoms. The van der Waals surface area contributed by atoms with E-state index in [4.69, 9.17) is 16.3 Å². The first kappa shape index (κ1) is 20.5. The van der Waals surface area contributed by atoms with Crippen LogP contribution in [0.4, 0.5) is 4.39 Å². The number of benzene rings is 2. The molecule has 5 nitrogen and oxygen atoms in total. The standard InChI is InChI=1S/C22H18ClFN2O3/c23-18-13-17(24)6-7-21(18)29-20-4-2-1-3-16(20)5-8-22(28)26-14-19(27)15-9-11-25-12-10-15/h1-13,19,27H,14H2,(H,26,28)/b8-5+. The molecule has 0 radical (unpaired) electrons. The van der Waals surface area contributed by atoms with Crippen molar-refractivity contribution in [2.45, 2.75) is 6.10 Å². The lowest BCUT2D eigenvalue weighted by molar-refractivity contribution is -0.116. The quantitative estimate of drug-likeness (QED) is 0.559. The Morgan fingerprint density at radius 2 is 1.93 bits per heavy atom. The highest BCUT2D eigenvalue weighted by molar-refractivity contribution is 6.32. The maximum atomic E-state index is 13.2. The Labute approximate surface area is 172 Å². The normalized spacial score (nSPS) is 12.0. The second-order valence-electron chi connectivity index (χ2n) is 6.09. The summed E-state index contributed by atoms with van der Waals surface area (Å²) in [5.74, 6) is -0.0606. The first-order valence-corrected chi connectivity index (χ1v) is 9.16. The lowest BCUT2D eigenvalue weighted by Gasteiger charge is -2.11. The number of nitrogens with one attached hydrogen (secondary N) is 1. The lowest BCUT2D eigenvalue weighted by Crippen LogP contribution is -2.26. The number of ether oxygens (including phenoxy) is 1. The molecule has 2 N–H and O–H groups in total. The van der Waals surface area contributed by atoms with Gasteiger partial charge in [-0.05, 0) is 48.0 Å². The average molecular weight is 413 g/mol. The van der Waals surface area contributed by atoms with Crippen molar-refractivity contribution in [3.8, 4) is 11.5 Å². The summed E-state index contributed by atoms with van der Waals surface area (Å²) in [5, 5.41) is 12.9. The van der Waals surface area contributed by atoms with Crippen LogP contribution in [0.2, 0.25) is 5.02 Å². The third-order valence-corrected chi connectivity index (χ3v) is 4.30. The van der Waals surface area contributed by atoms with E-state index in [1.807, 2.05) is 0 Å². The van der Waals surface area contributed by atoms with Crippen molar-refractivity contribution in [3.63, 3.8) is 0 Å². The van der Waals surface area contributed by atoms with Crippen LogP contribution >= 0.6 is 11.6 Å². The van der Waals surface area contributed by atoms with Gasteiger partial charge >= 0.3 is 0 Å². The van der Waals surface area contributed by atoms with Crippen LogP contribution < -0.4 is 10.1 Å². The van der Waals surface area contributed by atoms with E-state index >= 15 is 0 Å². The molecule has 1 unspecified atom stereocenters. The number of amides is 1. The number of aliphatic hydroxyl groups is 1. The molecule has 3 aromatic rings. The Morgan fingerprint density at radius 3 is 2.69 bits per heavy atom. The number of pyridine rings is 1. The summed E-state index contributed by atoms with van der Waals surface area (Å²) in [6.45, 7) is 0.0660. The van der Waals surface area contributed by atoms with Crippen LogP contribution in [-0.2, 0) is 4.79 Å². The number of aromatic nitrogens is 1. The van der Waals surface area contributed by atoms with Gasteiger partial charge in [0.25, 0.3) is 0 Å². The van der Waals surface area contributed by atoms with E-state index in [0.717, 1.165) is 6.07 Å². The molecule has 2 aromatic carbocycles. The number of aliphatic hydroxyl groups excluding tert-OH is 1. The molecule has 0 aliphatic heterocycles. The van der Waals surface area contributed by atoms with Gasteiger partial charge < -0.3 is 15.2 Å². The molecule has 0 fully saturated rings. The van der Waals surface area contributed by atoms with E-state index in [-0.39, 0.29) is 17.5 Å². The largest absolute Gasteiger partial charge is 0.455 e. The van der Waals surface area contributed by atoms with Crippen molar-refractivity contribution in [3.05, 3.63) is 95.0 Å². The molecule has 0 saturated carbocycles. The van der Waals surface area contributed by atoms with E-state index in [9.17, 15) is 14.3 Å². The Bertz CT molecular complexity index is 1010. The number of rotatable bonds is 7. The van der Waals surface area contributed by atoms with Gasteiger partial charge in [0.15, 0.2) is 0 Å². The Balaban J connectivity index is 1.63. The van der Waals surface area contributed by atoms with Gasteiger partial charge in [-0.15, -0.1) is 0 Å². The van der Waals surface area contributed by atoms with Gasteiger partial charge in [-0.25, -0.2) is 4.39 Å². The molecule has 1 amide bonds. The Kier molecular flexibility index (Phi) is 6.94. The molecule has 3 rings (SSSR count). The van der Waals surface area contributed by atoms with E-state index in [1.54, 1.807) is 54.9 Å². The maximum absolute atomic E-state index is 13.2. The zero-order valence-electron chi connectivity index (χ0n) is 15.3. The van der Waals surface area contributed by atoms with Crippen molar-refractivity contribution in [2.24, 2.45) is 0 Å². The first-order chi connectivity index (χ1) is 14.0. The minimum absolute atomic E-state index is 0.0660. The SMILES string of the molecule is O=C(/C=C/c1ccccc1Oc1ccc(F)cc1Cl)NCC(O)c1ccncc1. The molecular formula is C22H18ClFN2O3. The fourth-order valence-electron chi connectivity index (χ4n) is 2.51. The number of halogens is 2. The fraction of sp³-hybridized carbons (Fsp3) is 0.0909. The first-order valence-electron chi connectivity index (χ1n) is 8.79. The van der Waals surface area contributed by atoms with Crippen molar-refractivity contribution in [2.75, 3.05) is 6.54 Å². The fourth-order valence-corrected chi connectivity index (χ4v) is 2.72. The molecule has 0 saturated heterocycles. The van der Waals surface area contributed by atoms with Gasteiger partial charge in [0.2, 0.25) is 5.91 Å². The van der Waals surface area contributed by atoms with Gasteiger partial charge in [-0.3, -0.25) is 9.78 Å². The predicted octanol–water partition coefficient (Wildman–Crippen LogP) is 4.53. The van der Waals surface area contributed by atoms with Crippen LogP contribution in [0.5, 0.6) is 11.5 Å². The highest BCUT2D eigenvalue weighted by Crippen LogP contribution is 2.32. The molecule has 1 heterocycles. The molecule has 0 bridgehead atoms. The van der Waals surface area contributed by atoms with Gasteiger partial charge in [0.1, 0.15) is 17.3 Å². The Hall–Kier alpha value is -3.22. The van der Waals surface area contributed by atoms with Crippen LogP contribution in [0.3, 0.4) is 0 Å². The number of nitrogens with zero attached hydrogens (tertiary/aromatic N) is 1. The van der Waals surface area contributed by atoms with Crippen molar-refractivity contribution < 1.29 is 19.0 Å². The summed E-state index contributed by atoms with van der Waals surface area (Å²) in [5.41, 5.74) is 1.30. The summed E-state index contributed by atoms with van der Waals surface area (Å²) < 4.78 is 19.0. The van der Waals surface area contributed by atoms with Gasteiger partial charge in [-0.1, -0.05) is 29.8 Å². The predicted molar refractivity (Wildman–Crippen MR) is 109 cm³/mol. The van der Waals surface area contributed by atoms with Crippen molar-refractivity contribution in [1.82, 2.24) is 10.3 Å². The van der Waals surface area contributed by atoms with Gasteiger partial charge in [-0.2, -0.15) is 0 Å². The number of hydrogen-bond donors (Lipinski definition) is 2. The van der Waals surface area contributed by atoms with E-state index in [2.05, 4.69) is 10.3 Å². The van der Waals surface area contributed by atoms with Crippen LogP contribution in [0.15, 0.2) is 73.1 Å². The monoisotopic (exact) mass is 412 g/mol. The number of hydrogen-bond acceptors (Lipinski definition) is 4. The zero-order valence-corrected chi connectivity index (χ0v) is 16.0. The van der Waals surface area contributed by atoms with E-state index < -0.39 is 11.9 Å². The summed E-state index contributed by atoms with van der Waals surface area (Å²) in [4.78, 5) is 16.0. The molecule has 0 aliphatic rings. The highest BCUT2D eigenvalue weighted by Gasteiger charge is 2.09. The van der Waals surface area contributed by atoms with Gasteiger partial charge in [0.05, 0.1) is 11.1 Å². The molecule has 7 heteroatoms. The number of carbonyl (C=O) groups is 1. The summed E-state index contributed by atoms with van der Waals surface area (Å²) in [7, 11) is 0. The zero-order chi connectivity index (χ0) is 20.6. The van der Waals surface area contributed by atoms with Crippen molar-refractivity contribution in [1.29, 1.82) is 0 Å². The molecule has 1 aromatic heterocycles. The second-order valence-corrected chi connectivity index (χ2v) is 6.50. The molecular weight excluding hydrogens is 395 g/mol. The molecule has 148 valence electrons. The third-order valence-electron chi connectivity index (χ3n) is 4.01. The minimum atomic E-state index is -0.827. The van der Waals surface area contributed by atoms with E-state index in [1.165, 1.54) is 18.2 Å². The van der Waals surface area contributed by atoms with Crippen LogP contribution in [-0.4, -0.2) is 22.5 Å². The van der Waals surface area contributed by atoms with Gasteiger partial charge in [0, 0.05) is 30.6 Å². The lowest BCUT2D eigenvalue weighted by atomic mass is 10.1. The summed E-state index contributed by atoms with van der Waals surface area (Å²) in [6.07, 6.45) is 5.25. The minimum Gasteiger partial charge on any atom is -0.455 e. The topological polar surface area (TPSA) is 71.5 Å². The molecule has 0 spiro atoms. The molecule has 1 atom stereocenters. The third kappa shape index (κ3) is 5.88. The maximum Gasteiger partial charge on any atom is 0.244 e. The number of para-hydroxylation sites is 1. The second kappa shape index (κ2) is 9.82. The Morgan fingerprint density at radius 1 is 1.17 bits per heavy atom. The van der Waals surface area contributed by atoms with Crippen LogP contribution in [0, 0.1) is 5.82 Å². The highest BCUT2D eigenvalue weighted by atomic mass is 35.5. The number of carbonyl (C=O) groups excluding carboxylic acids is 1. The van der Waals surface area contributed by atoms with Crippen molar-refractivity contribution >= 4 is 23.6 Å². The van der Waals surface area contributed by atoms with E-state index in [0.29, 0.717) is 22.6 Å². The molecule has 0 aliphatic carbocycles. The average Bonchev–Trinajstić information content (AvgIpc) is 2.74.